The molecule has 5 nitrogen and oxygen atoms in total. The lowest BCUT2D eigenvalue weighted by Gasteiger charge is -2.40. The van der Waals surface area contributed by atoms with E-state index in [1.807, 2.05) is 6.07 Å². The summed E-state index contributed by atoms with van der Waals surface area (Å²) in [6, 6.07) is 7.60. The molecule has 2 aliphatic heterocycles. The third-order valence-electron chi connectivity index (χ3n) is 7.35. The number of hydrogen-bond acceptors (Lipinski definition) is 3. The van der Waals surface area contributed by atoms with E-state index < -0.39 is 0 Å². The number of rotatable bonds is 5. The van der Waals surface area contributed by atoms with E-state index in [9.17, 15) is 9.18 Å². The van der Waals surface area contributed by atoms with Crippen LogP contribution in [0.15, 0.2) is 24.3 Å². The van der Waals surface area contributed by atoms with Gasteiger partial charge in [-0.15, -0.1) is 0 Å². The van der Waals surface area contributed by atoms with Gasteiger partial charge in [0.2, 0.25) is 0 Å². The number of amides is 2. The van der Waals surface area contributed by atoms with Crippen LogP contribution in [0.2, 0.25) is 0 Å². The van der Waals surface area contributed by atoms with E-state index in [1.54, 1.807) is 12.1 Å². The fraction of sp³-hybridized carbons (Fsp3) is 0.708. The Labute approximate surface area is 179 Å². The number of nitrogens with one attached hydrogen (secondary N) is 2. The first-order chi connectivity index (χ1) is 14.6. The average molecular weight is 418 g/mol. The van der Waals surface area contributed by atoms with Gasteiger partial charge in [-0.1, -0.05) is 31.4 Å². The van der Waals surface area contributed by atoms with Gasteiger partial charge in [0, 0.05) is 43.8 Å². The van der Waals surface area contributed by atoms with E-state index >= 15 is 0 Å². The number of carbonyl (C=O) groups is 1. The predicted molar refractivity (Wildman–Crippen MR) is 116 cm³/mol. The fourth-order valence-electron chi connectivity index (χ4n) is 5.54. The van der Waals surface area contributed by atoms with E-state index in [0.29, 0.717) is 25.8 Å². The van der Waals surface area contributed by atoms with Crippen molar-refractivity contribution < 1.29 is 13.9 Å². The Bertz CT molecular complexity index is 701. The Morgan fingerprint density at radius 3 is 2.70 bits per heavy atom. The largest absolute Gasteiger partial charge is 0.381 e. The van der Waals surface area contributed by atoms with Crippen LogP contribution in [0, 0.1) is 5.82 Å². The highest BCUT2D eigenvalue weighted by Crippen LogP contribution is 2.34. The summed E-state index contributed by atoms with van der Waals surface area (Å²) in [5, 5.41) is 6.32. The molecular weight excluding hydrogens is 381 g/mol. The van der Waals surface area contributed by atoms with E-state index in [4.69, 9.17) is 4.74 Å². The van der Waals surface area contributed by atoms with Crippen molar-refractivity contribution in [2.45, 2.75) is 75.3 Å². The number of urea groups is 1. The van der Waals surface area contributed by atoms with E-state index in [1.165, 1.54) is 38.2 Å². The zero-order valence-electron chi connectivity index (χ0n) is 18.0. The average Bonchev–Trinajstić information content (AvgIpc) is 2.79. The minimum absolute atomic E-state index is 0.104. The van der Waals surface area contributed by atoms with Gasteiger partial charge in [0.25, 0.3) is 0 Å². The molecule has 4 rings (SSSR count). The van der Waals surface area contributed by atoms with Crippen molar-refractivity contribution in [1.29, 1.82) is 0 Å². The molecule has 3 fully saturated rings. The first-order valence-electron chi connectivity index (χ1n) is 11.8. The number of hydrogen-bond donors (Lipinski definition) is 2. The molecule has 2 amide bonds. The van der Waals surface area contributed by atoms with Gasteiger partial charge in [0.1, 0.15) is 5.82 Å². The molecule has 166 valence electrons. The lowest BCUT2D eigenvalue weighted by Crippen LogP contribution is -2.54. The summed E-state index contributed by atoms with van der Waals surface area (Å²) in [6.07, 6.45) is 10.4. The number of ether oxygens (including phenoxy) is 1. The molecule has 6 heteroatoms. The second-order valence-corrected chi connectivity index (χ2v) is 9.36. The van der Waals surface area contributed by atoms with Crippen molar-refractivity contribution in [1.82, 2.24) is 15.5 Å². The summed E-state index contributed by atoms with van der Waals surface area (Å²) in [5.41, 5.74) is 0.686. The van der Waals surface area contributed by atoms with Gasteiger partial charge in [-0.25, -0.2) is 9.18 Å². The van der Waals surface area contributed by atoms with Crippen molar-refractivity contribution in [3.63, 3.8) is 0 Å². The molecule has 1 aromatic rings. The third kappa shape index (κ3) is 5.33. The second-order valence-electron chi connectivity index (χ2n) is 9.36. The maximum atomic E-state index is 13.9. The molecule has 2 heterocycles. The highest BCUT2D eigenvalue weighted by atomic mass is 19.1. The number of piperidine rings is 1. The molecule has 1 unspecified atom stereocenters. The Hall–Kier alpha value is -1.66. The first-order valence-corrected chi connectivity index (χ1v) is 11.8. The Morgan fingerprint density at radius 1 is 1.13 bits per heavy atom. The molecule has 30 heavy (non-hydrogen) atoms. The van der Waals surface area contributed by atoms with Gasteiger partial charge in [-0.2, -0.15) is 0 Å². The topological polar surface area (TPSA) is 53.6 Å². The van der Waals surface area contributed by atoms with E-state index in [0.717, 1.165) is 44.3 Å². The Kier molecular flexibility index (Phi) is 7.26. The smallest absolute Gasteiger partial charge is 0.315 e. The van der Waals surface area contributed by atoms with Crippen LogP contribution in [0.1, 0.15) is 63.4 Å². The van der Waals surface area contributed by atoms with Crippen LogP contribution < -0.4 is 10.6 Å². The lowest BCUT2D eigenvalue weighted by atomic mass is 9.74. The molecule has 1 aliphatic carbocycles. The van der Waals surface area contributed by atoms with Gasteiger partial charge in [-0.3, -0.25) is 4.90 Å². The summed E-state index contributed by atoms with van der Waals surface area (Å²) in [4.78, 5) is 15.3. The van der Waals surface area contributed by atoms with Gasteiger partial charge >= 0.3 is 6.03 Å². The van der Waals surface area contributed by atoms with Gasteiger partial charge in [0.05, 0.1) is 0 Å². The zero-order valence-corrected chi connectivity index (χ0v) is 18.0. The standard InChI is InChI=1S/C24H36FN3O2/c25-20-7-4-6-19(16-20)24(11-14-30-15-12-24)18-26-23(29)27-21-8-5-13-28(17-21)22-9-2-1-3-10-22/h4,6-7,16,21-22H,1-3,5,8-15,17-18H2,(H2,26,27,29). The molecule has 1 atom stereocenters. The highest BCUT2D eigenvalue weighted by Gasteiger charge is 2.35. The molecule has 1 saturated carbocycles. The van der Waals surface area contributed by atoms with E-state index in [-0.39, 0.29) is 23.3 Å². The number of carbonyl (C=O) groups excluding carboxylic acids is 1. The SMILES string of the molecule is O=C(NCC1(c2cccc(F)c2)CCOCC1)NC1CCCN(C2CCCCC2)C1. The van der Waals surface area contributed by atoms with Crippen molar-refractivity contribution in [2.24, 2.45) is 0 Å². The minimum Gasteiger partial charge on any atom is -0.381 e. The molecule has 0 bridgehead atoms. The van der Waals surface area contributed by atoms with Crippen LogP contribution in [-0.2, 0) is 10.2 Å². The number of benzene rings is 1. The molecule has 0 aromatic heterocycles. The second kappa shape index (κ2) is 10.1. The predicted octanol–water partition coefficient (Wildman–Crippen LogP) is 3.97. The van der Waals surface area contributed by atoms with Crippen molar-refractivity contribution in [3.05, 3.63) is 35.6 Å². The molecule has 2 saturated heterocycles. The Balaban J connectivity index is 1.32. The number of likely N-dealkylation sites (tertiary alicyclic amines) is 1. The van der Waals surface area contributed by atoms with E-state index in [2.05, 4.69) is 15.5 Å². The summed E-state index contributed by atoms with van der Waals surface area (Å²) < 4.78 is 19.4. The number of nitrogens with zero attached hydrogens (tertiary/aromatic N) is 1. The quantitative estimate of drug-likeness (QED) is 0.762. The molecule has 2 N–H and O–H groups in total. The third-order valence-corrected chi connectivity index (χ3v) is 7.35. The summed E-state index contributed by atoms with van der Waals surface area (Å²) >= 11 is 0. The highest BCUT2D eigenvalue weighted by molar-refractivity contribution is 5.74. The van der Waals surface area contributed by atoms with Gasteiger partial charge < -0.3 is 15.4 Å². The summed E-state index contributed by atoms with van der Waals surface area (Å²) in [5.74, 6) is -0.229. The molecule has 3 aliphatic rings. The first kappa shape index (κ1) is 21.6. The minimum atomic E-state index is -0.265. The van der Waals surface area contributed by atoms with Crippen LogP contribution >= 0.6 is 0 Å². The zero-order chi connectivity index (χ0) is 20.8. The summed E-state index contributed by atoms with van der Waals surface area (Å²) in [6.45, 7) is 3.90. The van der Waals surface area contributed by atoms with Gasteiger partial charge in [-0.05, 0) is 62.8 Å². The maximum absolute atomic E-state index is 13.9. The van der Waals surface area contributed by atoms with Crippen molar-refractivity contribution >= 4 is 6.03 Å². The monoisotopic (exact) mass is 417 g/mol. The molecule has 0 spiro atoms. The van der Waals surface area contributed by atoms with Crippen molar-refractivity contribution in [3.8, 4) is 0 Å². The van der Waals surface area contributed by atoms with Crippen LogP contribution in [-0.4, -0.2) is 55.9 Å². The molecule has 1 aromatic carbocycles. The Morgan fingerprint density at radius 2 is 1.93 bits per heavy atom. The lowest BCUT2D eigenvalue weighted by molar-refractivity contribution is 0.0504. The maximum Gasteiger partial charge on any atom is 0.315 e. The van der Waals surface area contributed by atoms with Crippen LogP contribution in [0.5, 0.6) is 0 Å². The summed E-state index contributed by atoms with van der Waals surface area (Å²) in [7, 11) is 0. The van der Waals surface area contributed by atoms with Crippen molar-refractivity contribution in [2.75, 3.05) is 32.8 Å². The van der Waals surface area contributed by atoms with Crippen LogP contribution in [0.25, 0.3) is 0 Å². The number of halogens is 1. The fourth-order valence-corrected chi connectivity index (χ4v) is 5.54. The normalized spacial score (nSPS) is 25.6. The van der Waals surface area contributed by atoms with Crippen LogP contribution in [0.3, 0.4) is 0 Å². The molecular formula is C24H36FN3O2. The van der Waals surface area contributed by atoms with Gasteiger partial charge in [0.15, 0.2) is 0 Å². The molecule has 0 radical (unpaired) electrons. The van der Waals surface area contributed by atoms with Crippen LogP contribution in [0.4, 0.5) is 9.18 Å².